The van der Waals surface area contributed by atoms with E-state index >= 15 is 0 Å². The predicted octanol–water partition coefficient (Wildman–Crippen LogP) is 4.69. The van der Waals surface area contributed by atoms with Crippen LogP contribution in [0, 0.1) is 6.92 Å². The van der Waals surface area contributed by atoms with E-state index in [4.69, 9.17) is 0 Å². The second kappa shape index (κ2) is 3.64. The fourth-order valence-corrected chi connectivity index (χ4v) is 4.38. The smallest absolute Gasteiger partial charge is 0.0368 e. The van der Waals surface area contributed by atoms with E-state index in [9.17, 15) is 0 Å². The van der Waals surface area contributed by atoms with Crippen LogP contribution in [-0.2, 0) is 0 Å². The quantitative estimate of drug-likeness (QED) is 0.679. The highest BCUT2D eigenvalue weighted by Gasteiger charge is 2.06. The molecule has 0 atom stereocenters. The Labute approximate surface area is 94.5 Å². The highest BCUT2D eigenvalue weighted by Crippen LogP contribution is 2.37. The maximum atomic E-state index is 3.61. The van der Waals surface area contributed by atoms with Gasteiger partial charge in [0.15, 0.2) is 0 Å². The van der Waals surface area contributed by atoms with Crippen LogP contribution in [0.25, 0.3) is 10.1 Å². The van der Waals surface area contributed by atoms with Crippen LogP contribution in [0.5, 0.6) is 0 Å². The molecule has 0 nitrogen and oxygen atoms in total. The van der Waals surface area contributed by atoms with Crippen LogP contribution in [0.15, 0.2) is 26.9 Å². The third kappa shape index (κ3) is 1.65. The summed E-state index contributed by atoms with van der Waals surface area (Å²) in [6.45, 7) is 2.13. The molecule has 0 aliphatic heterocycles. The summed E-state index contributed by atoms with van der Waals surface area (Å²) >= 11 is 7.23. The number of halogens is 1. The first kappa shape index (κ1) is 9.56. The number of aryl methyl sites for hydroxylation is 1. The average molecular weight is 273 g/mol. The second-order valence-corrected chi connectivity index (χ2v) is 5.54. The molecule has 0 aliphatic carbocycles. The van der Waals surface area contributed by atoms with E-state index in [1.165, 1.54) is 25.0 Å². The molecular formula is C10H9BrS2. The summed E-state index contributed by atoms with van der Waals surface area (Å²) < 4.78 is 2.59. The largest absolute Gasteiger partial charge is 0.143 e. The Balaban J connectivity index is 2.82. The number of thiophene rings is 1. The minimum atomic E-state index is 1.22. The summed E-state index contributed by atoms with van der Waals surface area (Å²) in [5.41, 5.74) is 1.31. The van der Waals surface area contributed by atoms with Crippen molar-refractivity contribution in [2.24, 2.45) is 0 Å². The van der Waals surface area contributed by atoms with Gasteiger partial charge in [0.25, 0.3) is 0 Å². The fourth-order valence-electron chi connectivity index (χ4n) is 1.37. The van der Waals surface area contributed by atoms with Crippen molar-refractivity contribution in [2.75, 3.05) is 6.26 Å². The van der Waals surface area contributed by atoms with Crippen LogP contribution >= 0.6 is 39.0 Å². The molecule has 13 heavy (non-hydrogen) atoms. The van der Waals surface area contributed by atoms with Crippen LogP contribution in [0.4, 0.5) is 0 Å². The molecule has 0 N–H and O–H groups in total. The second-order valence-electron chi connectivity index (χ2n) is 2.92. The van der Waals surface area contributed by atoms with Gasteiger partial charge in [-0.05, 0) is 30.9 Å². The zero-order chi connectivity index (χ0) is 9.42. The monoisotopic (exact) mass is 272 g/mol. The molecule has 1 aromatic carbocycles. The molecular weight excluding hydrogens is 264 g/mol. The summed E-state index contributed by atoms with van der Waals surface area (Å²) in [7, 11) is 0. The molecule has 0 saturated carbocycles. The molecule has 0 spiro atoms. The van der Waals surface area contributed by atoms with Gasteiger partial charge < -0.3 is 0 Å². The van der Waals surface area contributed by atoms with Gasteiger partial charge in [-0.25, -0.2) is 0 Å². The van der Waals surface area contributed by atoms with Crippen molar-refractivity contribution in [1.29, 1.82) is 0 Å². The zero-order valence-electron chi connectivity index (χ0n) is 7.43. The molecule has 0 fully saturated rings. The van der Waals surface area contributed by atoms with E-state index < -0.39 is 0 Å². The van der Waals surface area contributed by atoms with Crippen molar-refractivity contribution in [1.82, 2.24) is 0 Å². The SMILES string of the molecule is CSc1csc2cc(C)cc(Br)c12. The van der Waals surface area contributed by atoms with Crippen LogP contribution in [-0.4, -0.2) is 6.26 Å². The van der Waals surface area contributed by atoms with Crippen LogP contribution in [0.2, 0.25) is 0 Å². The molecule has 0 saturated heterocycles. The summed E-state index contributed by atoms with van der Waals surface area (Å²) in [5, 5.41) is 3.59. The third-order valence-corrected chi connectivity index (χ3v) is 4.42. The minimum Gasteiger partial charge on any atom is -0.143 e. The van der Waals surface area contributed by atoms with Crippen molar-refractivity contribution in [2.45, 2.75) is 11.8 Å². The van der Waals surface area contributed by atoms with Crippen LogP contribution in [0.3, 0.4) is 0 Å². The van der Waals surface area contributed by atoms with E-state index in [0.29, 0.717) is 0 Å². The van der Waals surface area contributed by atoms with Crippen LogP contribution in [0.1, 0.15) is 5.56 Å². The lowest BCUT2D eigenvalue weighted by Crippen LogP contribution is -1.74. The van der Waals surface area contributed by atoms with Gasteiger partial charge in [-0.2, -0.15) is 0 Å². The van der Waals surface area contributed by atoms with E-state index in [2.05, 4.69) is 46.6 Å². The number of fused-ring (bicyclic) bond motifs is 1. The molecule has 1 heterocycles. The van der Waals surface area contributed by atoms with E-state index in [1.807, 2.05) is 11.3 Å². The number of rotatable bonds is 1. The maximum absolute atomic E-state index is 3.61. The van der Waals surface area contributed by atoms with Gasteiger partial charge in [0, 0.05) is 24.8 Å². The first-order chi connectivity index (χ1) is 6.22. The lowest BCUT2D eigenvalue weighted by molar-refractivity contribution is 1.49. The van der Waals surface area contributed by atoms with E-state index in [1.54, 1.807) is 11.8 Å². The molecule has 2 aromatic rings. The van der Waals surface area contributed by atoms with Gasteiger partial charge in [0.2, 0.25) is 0 Å². The summed E-state index contributed by atoms with van der Waals surface area (Å²) in [6, 6.07) is 4.42. The van der Waals surface area contributed by atoms with Crippen LogP contribution < -0.4 is 0 Å². The molecule has 1 aromatic heterocycles. The summed E-state index contributed by atoms with van der Waals surface area (Å²) in [5.74, 6) is 0. The fraction of sp³-hybridized carbons (Fsp3) is 0.200. The maximum Gasteiger partial charge on any atom is 0.0368 e. The molecule has 3 heteroatoms. The summed E-state index contributed by atoms with van der Waals surface area (Å²) in [6.07, 6.45) is 2.12. The molecule has 0 unspecified atom stereocenters. The minimum absolute atomic E-state index is 1.22. The molecule has 0 amide bonds. The number of hydrogen-bond acceptors (Lipinski definition) is 2. The van der Waals surface area contributed by atoms with Crippen molar-refractivity contribution in [3.63, 3.8) is 0 Å². The van der Waals surface area contributed by atoms with Gasteiger partial charge >= 0.3 is 0 Å². The lowest BCUT2D eigenvalue weighted by atomic mass is 10.2. The van der Waals surface area contributed by atoms with Gasteiger partial charge in [0.1, 0.15) is 0 Å². The van der Waals surface area contributed by atoms with Gasteiger partial charge in [0.05, 0.1) is 0 Å². The first-order valence-corrected chi connectivity index (χ1v) is 6.83. The Kier molecular flexibility index (Phi) is 2.67. The molecule has 0 radical (unpaired) electrons. The Hall–Kier alpha value is 0.01000. The van der Waals surface area contributed by atoms with Gasteiger partial charge in [-0.1, -0.05) is 15.9 Å². The van der Waals surface area contributed by atoms with Crippen molar-refractivity contribution in [3.05, 3.63) is 27.5 Å². The predicted molar refractivity (Wildman–Crippen MR) is 66.0 cm³/mol. The first-order valence-electron chi connectivity index (χ1n) is 3.93. The zero-order valence-corrected chi connectivity index (χ0v) is 10.6. The van der Waals surface area contributed by atoms with Gasteiger partial charge in [-0.3, -0.25) is 0 Å². The Morgan fingerprint density at radius 3 is 2.85 bits per heavy atom. The molecule has 2 rings (SSSR count). The molecule has 68 valence electrons. The lowest BCUT2D eigenvalue weighted by Gasteiger charge is -1.99. The Morgan fingerprint density at radius 2 is 2.15 bits per heavy atom. The Morgan fingerprint density at radius 1 is 1.38 bits per heavy atom. The van der Waals surface area contributed by atoms with Gasteiger partial charge in [-0.15, -0.1) is 23.1 Å². The average Bonchev–Trinajstić information content (AvgIpc) is 2.47. The normalized spacial score (nSPS) is 11.0. The highest BCUT2D eigenvalue weighted by atomic mass is 79.9. The number of benzene rings is 1. The summed E-state index contributed by atoms with van der Waals surface area (Å²) in [4.78, 5) is 1.37. The third-order valence-electron chi connectivity index (χ3n) is 1.96. The number of hydrogen-bond donors (Lipinski definition) is 0. The van der Waals surface area contributed by atoms with Crippen molar-refractivity contribution >= 4 is 49.1 Å². The Bertz CT molecular complexity index is 445. The molecule has 0 bridgehead atoms. The topological polar surface area (TPSA) is 0 Å². The van der Waals surface area contributed by atoms with E-state index in [0.717, 1.165) is 0 Å². The number of thioether (sulfide) groups is 1. The van der Waals surface area contributed by atoms with Crippen molar-refractivity contribution < 1.29 is 0 Å². The standard InChI is InChI=1S/C10H9BrS2/c1-6-3-7(11)10-8(4-6)13-5-9(10)12-2/h3-5H,1-2H3. The van der Waals surface area contributed by atoms with Crippen molar-refractivity contribution in [3.8, 4) is 0 Å². The van der Waals surface area contributed by atoms with E-state index in [-0.39, 0.29) is 0 Å². The molecule has 0 aliphatic rings. The highest BCUT2D eigenvalue weighted by molar-refractivity contribution is 9.10.